The first-order valence-corrected chi connectivity index (χ1v) is 11.7. The molecule has 7 rings (SSSR count). The summed E-state index contributed by atoms with van der Waals surface area (Å²) in [5.74, 6) is -0.234. The summed E-state index contributed by atoms with van der Waals surface area (Å²) in [7, 11) is 2.07. The molecule has 0 spiro atoms. The fraction of sp³-hybridized carbons (Fsp3) is 0.0645. The molecule has 3 heterocycles. The quantitative estimate of drug-likeness (QED) is 0.245. The number of halogens is 1. The van der Waals surface area contributed by atoms with Crippen LogP contribution in [0.3, 0.4) is 0 Å². The third-order valence-corrected chi connectivity index (χ3v) is 7.00. The number of nitrogens with zero attached hydrogens (tertiary/aromatic N) is 2. The van der Waals surface area contributed by atoms with Gasteiger partial charge < -0.3 is 8.98 Å². The number of fused-ring (bicyclic) bond motifs is 6. The van der Waals surface area contributed by atoms with Gasteiger partial charge in [-0.3, -0.25) is 0 Å². The van der Waals surface area contributed by atoms with E-state index >= 15 is 0 Å². The zero-order chi connectivity index (χ0) is 23.7. The minimum atomic E-state index is -0.234. The van der Waals surface area contributed by atoms with Crippen molar-refractivity contribution in [2.45, 2.75) is 6.92 Å². The Balaban J connectivity index is 1.67. The SMILES string of the molecule is Cc1cc2oc3ccccc3c2cc1-c1c2c(cc[n+]1C)c1cc(F)ccc1n2-c1ccccc1. The molecule has 3 nitrogen and oxygen atoms in total. The van der Waals surface area contributed by atoms with Crippen LogP contribution < -0.4 is 4.57 Å². The van der Waals surface area contributed by atoms with Gasteiger partial charge in [-0.2, -0.15) is 4.57 Å². The van der Waals surface area contributed by atoms with Gasteiger partial charge in [-0.25, -0.2) is 4.39 Å². The molecule has 168 valence electrons. The fourth-order valence-electron chi connectivity index (χ4n) is 5.41. The van der Waals surface area contributed by atoms with E-state index in [0.29, 0.717) is 0 Å². The van der Waals surface area contributed by atoms with Crippen molar-refractivity contribution < 1.29 is 13.4 Å². The van der Waals surface area contributed by atoms with Crippen molar-refractivity contribution in [1.82, 2.24) is 4.57 Å². The Morgan fingerprint density at radius 1 is 0.743 bits per heavy atom. The van der Waals surface area contributed by atoms with Crippen molar-refractivity contribution in [2.75, 3.05) is 0 Å². The molecule has 4 aromatic carbocycles. The second kappa shape index (κ2) is 7.28. The van der Waals surface area contributed by atoms with Gasteiger partial charge in [-0.15, -0.1) is 0 Å². The maximum Gasteiger partial charge on any atom is 0.237 e. The lowest BCUT2D eigenvalue weighted by atomic mass is 9.99. The summed E-state index contributed by atoms with van der Waals surface area (Å²) in [6, 6.07) is 29.9. The van der Waals surface area contributed by atoms with E-state index in [2.05, 4.69) is 65.7 Å². The van der Waals surface area contributed by atoms with Crippen LogP contribution in [-0.4, -0.2) is 4.57 Å². The third kappa shape index (κ3) is 2.86. The highest BCUT2D eigenvalue weighted by atomic mass is 19.1. The molecular formula is C31H22FN2O+. The summed E-state index contributed by atoms with van der Waals surface area (Å²) in [5, 5.41) is 4.11. The Morgan fingerprint density at radius 3 is 2.40 bits per heavy atom. The molecule has 7 aromatic rings. The first-order chi connectivity index (χ1) is 17.1. The number of para-hydroxylation sites is 2. The number of benzene rings is 4. The molecule has 35 heavy (non-hydrogen) atoms. The Bertz CT molecular complexity index is 1930. The van der Waals surface area contributed by atoms with E-state index in [1.807, 2.05) is 42.5 Å². The molecule has 0 bridgehead atoms. The smallest absolute Gasteiger partial charge is 0.237 e. The van der Waals surface area contributed by atoms with Crippen LogP contribution in [0.15, 0.2) is 102 Å². The zero-order valence-electron chi connectivity index (χ0n) is 19.4. The molecule has 0 fully saturated rings. The molecule has 0 unspecified atom stereocenters. The third-order valence-electron chi connectivity index (χ3n) is 7.00. The van der Waals surface area contributed by atoms with E-state index in [1.54, 1.807) is 6.07 Å². The fourth-order valence-corrected chi connectivity index (χ4v) is 5.41. The van der Waals surface area contributed by atoms with E-state index in [-0.39, 0.29) is 5.82 Å². The lowest BCUT2D eigenvalue weighted by Gasteiger charge is -2.11. The second-order valence-electron chi connectivity index (χ2n) is 9.13. The Morgan fingerprint density at radius 2 is 1.54 bits per heavy atom. The first kappa shape index (κ1) is 20.0. The molecule has 0 radical (unpaired) electrons. The van der Waals surface area contributed by atoms with Gasteiger partial charge in [0.2, 0.25) is 5.69 Å². The monoisotopic (exact) mass is 457 g/mol. The van der Waals surface area contributed by atoms with Gasteiger partial charge in [-0.05, 0) is 61.0 Å². The second-order valence-corrected chi connectivity index (χ2v) is 9.13. The van der Waals surface area contributed by atoms with Crippen LogP contribution in [0.25, 0.3) is 60.7 Å². The van der Waals surface area contributed by atoms with Gasteiger partial charge in [0.25, 0.3) is 0 Å². The van der Waals surface area contributed by atoms with Gasteiger partial charge in [0.05, 0.1) is 11.1 Å². The van der Waals surface area contributed by atoms with Crippen LogP contribution in [0.2, 0.25) is 0 Å². The molecule has 0 atom stereocenters. The summed E-state index contributed by atoms with van der Waals surface area (Å²) >= 11 is 0. The molecule has 0 aliphatic rings. The molecule has 4 heteroatoms. The standard InChI is InChI=1S/C31H22FN2O/c1-19-16-29-26(22-10-6-7-11-28(22)35-29)18-24(19)30-31-23(14-15-33(30)2)25-17-20(32)12-13-27(25)34(31)21-8-4-3-5-9-21/h3-18H,1-2H3/q+1. The van der Waals surface area contributed by atoms with Crippen molar-refractivity contribution in [3.05, 3.63) is 109 Å². The lowest BCUT2D eigenvalue weighted by Crippen LogP contribution is -2.31. The predicted octanol–water partition coefficient (Wildman–Crippen LogP) is 7.62. The van der Waals surface area contributed by atoms with Gasteiger partial charge in [0, 0.05) is 33.3 Å². The topological polar surface area (TPSA) is 21.9 Å². The maximum absolute atomic E-state index is 14.4. The number of hydrogen-bond acceptors (Lipinski definition) is 1. The van der Waals surface area contributed by atoms with Crippen molar-refractivity contribution in [2.24, 2.45) is 7.05 Å². The van der Waals surface area contributed by atoms with E-state index in [1.165, 1.54) is 6.07 Å². The molecule has 0 aliphatic carbocycles. The molecule has 0 saturated heterocycles. The van der Waals surface area contributed by atoms with Crippen LogP contribution in [0.5, 0.6) is 0 Å². The van der Waals surface area contributed by atoms with Gasteiger partial charge >= 0.3 is 0 Å². The highest BCUT2D eigenvalue weighted by Crippen LogP contribution is 2.39. The summed E-state index contributed by atoms with van der Waals surface area (Å²) in [6.45, 7) is 2.12. The highest BCUT2D eigenvalue weighted by Gasteiger charge is 2.25. The largest absolute Gasteiger partial charge is 0.456 e. The zero-order valence-corrected chi connectivity index (χ0v) is 19.4. The van der Waals surface area contributed by atoms with Gasteiger partial charge in [0.15, 0.2) is 6.20 Å². The molecule has 3 aromatic heterocycles. The van der Waals surface area contributed by atoms with Crippen molar-refractivity contribution >= 4 is 43.7 Å². The van der Waals surface area contributed by atoms with Crippen LogP contribution in [0.1, 0.15) is 5.56 Å². The van der Waals surface area contributed by atoms with E-state index in [9.17, 15) is 4.39 Å². The number of pyridine rings is 1. The van der Waals surface area contributed by atoms with Crippen molar-refractivity contribution in [3.63, 3.8) is 0 Å². The molecule has 0 aliphatic heterocycles. The number of hydrogen-bond donors (Lipinski definition) is 0. The first-order valence-electron chi connectivity index (χ1n) is 11.7. The van der Waals surface area contributed by atoms with E-state index in [0.717, 1.165) is 66.3 Å². The number of furan rings is 1. The molecule has 0 saturated carbocycles. The molecule has 0 amide bonds. The number of aromatic nitrogens is 2. The Labute approximate surface area is 201 Å². The predicted molar refractivity (Wildman–Crippen MR) is 139 cm³/mol. The Hall–Kier alpha value is -4.44. The summed E-state index contributed by atoms with van der Waals surface area (Å²) < 4.78 is 25.0. The van der Waals surface area contributed by atoms with E-state index in [4.69, 9.17) is 4.42 Å². The summed E-state index contributed by atoms with van der Waals surface area (Å²) in [4.78, 5) is 0. The lowest BCUT2D eigenvalue weighted by molar-refractivity contribution is -0.659. The van der Waals surface area contributed by atoms with Crippen LogP contribution >= 0.6 is 0 Å². The number of rotatable bonds is 2. The van der Waals surface area contributed by atoms with Crippen LogP contribution in [0, 0.1) is 12.7 Å². The van der Waals surface area contributed by atoms with Crippen molar-refractivity contribution in [3.8, 4) is 16.9 Å². The average molecular weight is 458 g/mol. The van der Waals surface area contributed by atoms with Crippen LogP contribution in [0.4, 0.5) is 4.39 Å². The average Bonchev–Trinajstić information content (AvgIpc) is 3.39. The molecular weight excluding hydrogens is 435 g/mol. The Kier molecular flexibility index (Phi) is 4.15. The van der Waals surface area contributed by atoms with E-state index < -0.39 is 0 Å². The minimum absolute atomic E-state index is 0.234. The normalized spacial score (nSPS) is 11.9. The van der Waals surface area contributed by atoms with Gasteiger partial charge in [-0.1, -0.05) is 36.4 Å². The van der Waals surface area contributed by atoms with Gasteiger partial charge in [0.1, 0.15) is 29.5 Å². The summed E-state index contributed by atoms with van der Waals surface area (Å²) in [6.07, 6.45) is 2.06. The maximum atomic E-state index is 14.4. The molecule has 0 N–H and O–H groups in total. The number of aryl methyl sites for hydroxylation is 2. The van der Waals surface area contributed by atoms with Crippen molar-refractivity contribution in [1.29, 1.82) is 0 Å². The highest BCUT2D eigenvalue weighted by molar-refractivity contribution is 6.13. The minimum Gasteiger partial charge on any atom is -0.456 e. The summed E-state index contributed by atoms with van der Waals surface area (Å²) in [5.41, 5.74) is 8.16. The van der Waals surface area contributed by atoms with Crippen LogP contribution in [-0.2, 0) is 7.05 Å².